The average molecular weight is 1010 g/mol. The van der Waals surface area contributed by atoms with Gasteiger partial charge in [-0.2, -0.15) is 0 Å². The number of ether oxygens (including phenoxy) is 2. The molecule has 0 spiro atoms. The number of hydrogen-bond donors (Lipinski definition) is 0. The summed E-state index contributed by atoms with van der Waals surface area (Å²) in [5.41, 5.74) is 0. The van der Waals surface area contributed by atoms with Gasteiger partial charge in [0.1, 0.15) is 19.8 Å². The zero-order valence-electron chi connectivity index (χ0n) is 47.2. The molecule has 0 aliphatic rings. The van der Waals surface area contributed by atoms with Crippen LogP contribution in [0.25, 0.3) is 0 Å². The Morgan fingerprint density at radius 3 is 1.06 bits per heavy atom. The topological polar surface area (TPSA) is 111 Å². The summed E-state index contributed by atoms with van der Waals surface area (Å²) in [6.45, 7) is 4.28. The third kappa shape index (κ3) is 56.1. The molecule has 9 nitrogen and oxygen atoms in total. The Labute approximate surface area is 435 Å². The molecule has 0 rings (SSSR count). The highest BCUT2D eigenvalue weighted by Crippen LogP contribution is 2.38. The zero-order chi connectivity index (χ0) is 51.3. The summed E-state index contributed by atoms with van der Waals surface area (Å²) in [5.74, 6) is -0.825. The van der Waals surface area contributed by atoms with Crippen LogP contribution >= 0.6 is 7.82 Å². The molecule has 416 valence electrons. The highest BCUT2D eigenvalue weighted by molar-refractivity contribution is 7.45. The molecule has 0 aliphatic carbocycles. The maximum absolute atomic E-state index is 12.8. The SMILES string of the molecule is CCCCCCCCC/C=C\CCCCCCCC(=O)OC(COC(=O)CCCCCCCCCCCCCCCCCCCCCCCCCCCCCCCC)COP(=O)([O-])OCC[N+](C)(C)C. The lowest BCUT2D eigenvalue weighted by Gasteiger charge is -2.28. The number of unbranched alkanes of at least 4 members (excludes halogenated alkanes) is 41. The van der Waals surface area contributed by atoms with Gasteiger partial charge in [-0.15, -0.1) is 0 Å². The summed E-state index contributed by atoms with van der Waals surface area (Å²) in [6, 6.07) is 0. The molecule has 0 heterocycles. The highest BCUT2D eigenvalue weighted by atomic mass is 31.2. The van der Waals surface area contributed by atoms with Crippen molar-refractivity contribution in [1.82, 2.24) is 0 Å². The molecule has 2 unspecified atom stereocenters. The Kier molecular flexibility index (Phi) is 51.7. The summed E-state index contributed by atoms with van der Waals surface area (Å²) in [7, 11) is 1.18. The van der Waals surface area contributed by atoms with Gasteiger partial charge < -0.3 is 27.9 Å². The van der Waals surface area contributed by atoms with Gasteiger partial charge in [-0.1, -0.05) is 270 Å². The van der Waals surface area contributed by atoms with Crippen LogP contribution < -0.4 is 4.89 Å². The van der Waals surface area contributed by atoms with E-state index >= 15 is 0 Å². The summed E-state index contributed by atoms with van der Waals surface area (Å²) >= 11 is 0. The number of rotatable bonds is 57. The first kappa shape index (κ1) is 68.8. The number of phosphoric ester groups is 1. The molecule has 10 heteroatoms. The predicted octanol–water partition coefficient (Wildman–Crippen LogP) is 18.2. The van der Waals surface area contributed by atoms with Crippen LogP contribution in [0.2, 0.25) is 0 Å². The van der Waals surface area contributed by atoms with Crippen molar-refractivity contribution in [3.63, 3.8) is 0 Å². The monoisotopic (exact) mass is 1010 g/mol. The van der Waals surface area contributed by atoms with Gasteiger partial charge >= 0.3 is 11.9 Å². The third-order valence-corrected chi connectivity index (χ3v) is 14.7. The van der Waals surface area contributed by atoms with E-state index in [4.69, 9.17) is 18.5 Å². The summed E-state index contributed by atoms with van der Waals surface area (Å²) < 4.78 is 34.1. The second kappa shape index (κ2) is 52.6. The fourth-order valence-electron chi connectivity index (χ4n) is 9.07. The Morgan fingerprint density at radius 2 is 0.729 bits per heavy atom. The van der Waals surface area contributed by atoms with E-state index in [0.29, 0.717) is 17.4 Å². The smallest absolute Gasteiger partial charge is 0.306 e. The largest absolute Gasteiger partial charge is 0.756 e. The maximum Gasteiger partial charge on any atom is 0.306 e. The van der Waals surface area contributed by atoms with Gasteiger partial charge in [0.2, 0.25) is 0 Å². The summed E-state index contributed by atoms with van der Waals surface area (Å²) in [5, 5.41) is 0. The van der Waals surface area contributed by atoms with Crippen LogP contribution in [-0.2, 0) is 32.7 Å². The van der Waals surface area contributed by atoms with Gasteiger partial charge in [0.15, 0.2) is 6.10 Å². The molecule has 0 aromatic rings. The van der Waals surface area contributed by atoms with Crippen molar-refractivity contribution in [1.29, 1.82) is 0 Å². The number of likely N-dealkylation sites (N-methyl/N-ethyl adjacent to an activating group) is 1. The van der Waals surface area contributed by atoms with E-state index in [1.807, 2.05) is 21.1 Å². The molecular weight excluding hydrogens is 894 g/mol. The molecule has 0 saturated heterocycles. The Balaban J connectivity index is 4.00. The van der Waals surface area contributed by atoms with Crippen molar-refractivity contribution < 1.29 is 42.1 Å². The lowest BCUT2D eigenvalue weighted by molar-refractivity contribution is -0.870. The van der Waals surface area contributed by atoms with Gasteiger partial charge in [-0.05, 0) is 38.5 Å². The number of quaternary nitrogens is 1. The van der Waals surface area contributed by atoms with Gasteiger partial charge in [0.25, 0.3) is 7.82 Å². The summed E-state index contributed by atoms with van der Waals surface area (Å²) in [4.78, 5) is 37.8. The van der Waals surface area contributed by atoms with E-state index in [1.165, 1.54) is 225 Å². The number of allylic oxidation sites excluding steroid dienone is 2. The first-order chi connectivity index (χ1) is 34.0. The molecule has 0 N–H and O–H groups in total. The fraction of sp³-hybridized carbons (Fsp3) is 0.933. The van der Waals surface area contributed by atoms with Gasteiger partial charge in [0.05, 0.1) is 27.7 Å². The van der Waals surface area contributed by atoms with Crippen LogP contribution in [0.15, 0.2) is 12.2 Å². The number of hydrogen-bond acceptors (Lipinski definition) is 8. The van der Waals surface area contributed by atoms with Crippen molar-refractivity contribution in [3.8, 4) is 0 Å². The van der Waals surface area contributed by atoms with Gasteiger partial charge in [-0.25, -0.2) is 0 Å². The van der Waals surface area contributed by atoms with E-state index in [1.54, 1.807) is 0 Å². The Morgan fingerprint density at radius 1 is 0.429 bits per heavy atom. The van der Waals surface area contributed by atoms with E-state index in [0.717, 1.165) is 51.4 Å². The molecule has 0 fully saturated rings. The van der Waals surface area contributed by atoms with Crippen LogP contribution in [0, 0.1) is 0 Å². The number of phosphoric acid groups is 1. The average Bonchev–Trinajstić information content (AvgIpc) is 3.32. The Hall–Kier alpha value is -1.25. The standard InChI is InChI=1S/C60H118NO8P/c1-6-8-10-12-14-16-18-20-22-24-25-26-27-28-29-30-31-32-33-34-35-36-37-39-40-42-44-46-48-50-52-59(62)66-56-58(57-68-70(64,65)67-55-54-61(3,4)5)69-60(63)53-51-49-47-45-43-41-38-23-21-19-17-15-13-11-9-7-2/h23,38,58H,6-22,24-37,39-57H2,1-5H3/b38-23-. The molecule has 0 aromatic heterocycles. The van der Waals surface area contributed by atoms with E-state index in [-0.39, 0.29) is 32.0 Å². The second-order valence-corrected chi connectivity index (χ2v) is 23.5. The molecule has 0 radical (unpaired) electrons. The fourth-order valence-corrected chi connectivity index (χ4v) is 9.80. The van der Waals surface area contributed by atoms with Gasteiger partial charge in [0, 0.05) is 12.8 Å². The van der Waals surface area contributed by atoms with Crippen LogP contribution in [0.1, 0.15) is 309 Å². The van der Waals surface area contributed by atoms with Crippen LogP contribution in [0.5, 0.6) is 0 Å². The zero-order valence-corrected chi connectivity index (χ0v) is 48.1. The number of nitrogens with zero attached hydrogens (tertiary/aromatic N) is 1. The van der Waals surface area contributed by atoms with Crippen molar-refractivity contribution in [2.24, 2.45) is 0 Å². The maximum atomic E-state index is 12.8. The van der Waals surface area contributed by atoms with Crippen molar-refractivity contribution in [3.05, 3.63) is 12.2 Å². The molecule has 2 atom stereocenters. The van der Waals surface area contributed by atoms with E-state index < -0.39 is 26.5 Å². The minimum absolute atomic E-state index is 0.0288. The third-order valence-electron chi connectivity index (χ3n) is 13.8. The number of carbonyl (C=O) groups is 2. The summed E-state index contributed by atoms with van der Waals surface area (Å²) in [6.07, 6.45) is 61.4. The lowest BCUT2D eigenvalue weighted by atomic mass is 10.0. The first-order valence-electron chi connectivity index (χ1n) is 30.4. The molecule has 0 aromatic carbocycles. The van der Waals surface area contributed by atoms with E-state index in [9.17, 15) is 19.0 Å². The minimum atomic E-state index is -4.63. The normalized spacial score (nSPS) is 13.3. The quantitative estimate of drug-likeness (QED) is 0.0195. The van der Waals surface area contributed by atoms with Crippen LogP contribution in [0.3, 0.4) is 0 Å². The Bertz CT molecular complexity index is 1190. The molecule has 70 heavy (non-hydrogen) atoms. The molecule has 0 saturated carbocycles. The van der Waals surface area contributed by atoms with Gasteiger partial charge in [-0.3, -0.25) is 14.2 Å². The van der Waals surface area contributed by atoms with Crippen molar-refractivity contribution in [2.75, 3.05) is 47.5 Å². The molecular formula is C60H118NO8P. The molecule has 0 amide bonds. The van der Waals surface area contributed by atoms with Crippen LogP contribution in [-0.4, -0.2) is 70.0 Å². The lowest BCUT2D eigenvalue weighted by Crippen LogP contribution is -2.37. The van der Waals surface area contributed by atoms with Crippen molar-refractivity contribution in [2.45, 2.75) is 315 Å². The highest BCUT2D eigenvalue weighted by Gasteiger charge is 2.22. The molecule has 0 aliphatic heterocycles. The van der Waals surface area contributed by atoms with Crippen LogP contribution in [0.4, 0.5) is 0 Å². The minimum Gasteiger partial charge on any atom is -0.756 e. The first-order valence-corrected chi connectivity index (χ1v) is 31.9. The molecule has 0 bridgehead atoms. The number of carbonyl (C=O) groups excluding carboxylic acids is 2. The second-order valence-electron chi connectivity index (χ2n) is 22.1. The van der Waals surface area contributed by atoms with Crippen molar-refractivity contribution >= 4 is 19.8 Å². The number of esters is 2. The predicted molar refractivity (Wildman–Crippen MR) is 296 cm³/mol. The van der Waals surface area contributed by atoms with E-state index in [2.05, 4.69) is 26.0 Å².